The molecule has 2 aromatic carbocycles. The third kappa shape index (κ3) is 5.19. The highest BCUT2D eigenvalue weighted by Crippen LogP contribution is 2.22. The molecule has 0 aliphatic rings. The smallest absolute Gasteiger partial charge is 0.319 e. The first-order chi connectivity index (χ1) is 11.9. The number of carbonyl (C=O) groups is 1. The number of aliphatic hydroxyl groups excluding tert-OH is 1. The Morgan fingerprint density at radius 2 is 1.92 bits per heavy atom. The zero-order valence-electron chi connectivity index (χ0n) is 14.5. The Labute approximate surface area is 146 Å². The number of hydrogen-bond donors (Lipinski definition) is 3. The lowest BCUT2D eigenvalue weighted by Crippen LogP contribution is -2.39. The molecule has 3 N–H and O–H groups in total. The summed E-state index contributed by atoms with van der Waals surface area (Å²) in [5, 5.41) is 15.7. The summed E-state index contributed by atoms with van der Waals surface area (Å²) in [5.41, 5.74) is 2.06. The van der Waals surface area contributed by atoms with Crippen LogP contribution in [0, 0.1) is 12.7 Å². The monoisotopic (exact) mass is 346 g/mol. The van der Waals surface area contributed by atoms with E-state index in [0.29, 0.717) is 17.9 Å². The molecular weight excluding hydrogens is 323 g/mol. The van der Waals surface area contributed by atoms with Crippen LogP contribution >= 0.6 is 0 Å². The van der Waals surface area contributed by atoms with Gasteiger partial charge in [-0.3, -0.25) is 0 Å². The van der Waals surface area contributed by atoms with Crippen LogP contribution in [0.2, 0.25) is 0 Å². The number of amides is 2. The number of benzene rings is 2. The number of rotatable bonds is 6. The van der Waals surface area contributed by atoms with Gasteiger partial charge in [-0.2, -0.15) is 0 Å². The van der Waals surface area contributed by atoms with Gasteiger partial charge in [0.05, 0.1) is 18.8 Å². The molecule has 0 fully saturated rings. The van der Waals surface area contributed by atoms with E-state index in [2.05, 4.69) is 10.6 Å². The predicted molar refractivity (Wildman–Crippen MR) is 95.3 cm³/mol. The first-order valence-electron chi connectivity index (χ1n) is 8.15. The van der Waals surface area contributed by atoms with Crippen molar-refractivity contribution in [2.75, 3.05) is 11.9 Å². The lowest BCUT2D eigenvalue weighted by Gasteiger charge is -2.21. The molecule has 0 bridgehead atoms. The molecule has 6 heteroatoms. The summed E-state index contributed by atoms with van der Waals surface area (Å²) >= 11 is 0. The van der Waals surface area contributed by atoms with E-state index >= 15 is 0 Å². The SMILES string of the molecule is CCOc1ccc(NC(=O)NC(C)C(O)c2ccc(F)cc2)c(C)c1. The molecule has 5 nitrogen and oxygen atoms in total. The second kappa shape index (κ2) is 8.48. The van der Waals surface area contributed by atoms with Crippen LogP contribution in [0.15, 0.2) is 42.5 Å². The topological polar surface area (TPSA) is 70.6 Å². The fourth-order valence-electron chi connectivity index (χ4n) is 2.43. The highest BCUT2D eigenvalue weighted by molar-refractivity contribution is 5.90. The molecule has 0 saturated carbocycles. The molecule has 0 spiro atoms. The Bertz CT molecular complexity index is 719. The van der Waals surface area contributed by atoms with Crippen LogP contribution in [0.5, 0.6) is 5.75 Å². The van der Waals surface area contributed by atoms with Crippen molar-refractivity contribution in [1.29, 1.82) is 0 Å². The molecule has 0 radical (unpaired) electrons. The standard InChI is InChI=1S/C19H23FN2O3/c1-4-25-16-9-10-17(12(2)11-16)22-19(24)21-13(3)18(23)14-5-7-15(20)8-6-14/h5-11,13,18,23H,4H2,1-3H3,(H2,21,22,24). The number of aliphatic hydroxyl groups is 1. The van der Waals surface area contributed by atoms with Gasteiger partial charge in [-0.25, -0.2) is 9.18 Å². The minimum Gasteiger partial charge on any atom is -0.494 e. The van der Waals surface area contributed by atoms with Gasteiger partial charge >= 0.3 is 6.03 Å². The Balaban J connectivity index is 1.96. The number of hydrogen-bond acceptors (Lipinski definition) is 3. The van der Waals surface area contributed by atoms with Gasteiger partial charge in [-0.15, -0.1) is 0 Å². The number of nitrogens with one attached hydrogen (secondary N) is 2. The largest absolute Gasteiger partial charge is 0.494 e. The van der Waals surface area contributed by atoms with Crippen molar-refractivity contribution in [2.24, 2.45) is 0 Å². The van der Waals surface area contributed by atoms with Crippen LogP contribution in [-0.2, 0) is 0 Å². The second-order valence-electron chi connectivity index (χ2n) is 5.79. The summed E-state index contributed by atoms with van der Waals surface area (Å²) in [4.78, 5) is 12.2. The minimum atomic E-state index is -0.937. The Morgan fingerprint density at radius 1 is 1.24 bits per heavy atom. The van der Waals surface area contributed by atoms with E-state index in [0.717, 1.165) is 11.3 Å². The Morgan fingerprint density at radius 3 is 2.52 bits per heavy atom. The van der Waals surface area contributed by atoms with Crippen LogP contribution < -0.4 is 15.4 Å². The Hall–Kier alpha value is -2.60. The van der Waals surface area contributed by atoms with Crippen LogP contribution in [0.4, 0.5) is 14.9 Å². The predicted octanol–water partition coefficient (Wildman–Crippen LogP) is 3.78. The molecular formula is C19H23FN2O3. The average molecular weight is 346 g/mol. The van der Waals surface area contributed by atoms with Crippen LogP contribution in [-0.4, -0.2) is 23.8 Å². The van der Waals surface area contributed by atoms with Crippen molar-refractivity contribution in [3.05, 3.63) is 59.4 Å². The summed E-state index contributed by atoms with van der Waals surface area (Å²) in [5.74, 6) is 0.367. The summed E-state index contributed by atoms with van der Waals surface area (Å²) in [7, 11) is 0. The van der Waals surface area contributed by atoms with Gasteiger partial charge in [0.2, 0.25) is 0 Å². The molecule has 2 rings (SSSR count). The second-order valence-corrected chi connectivity index (χ2v) is 5.79. The summed E-state index contributed by atoms with van der Waals surface area (Å²) in [6.45, 7) is 6.03. The maximum Gasteiger partial charge on any atom is 0.319 e. The molecule has 25 heavy (non-hydrogen) atoms. The summed E-state index contributed by atoms with van der Waals surface area (Å²) < 4.78 is 18.4. The van der Waals surface area contributed by atoms with E-state index in [1.54, 1.807) is 19.1 Å². The molecule has 2 amide bonds. The van der Waals surface area contributed by atoms with Gasteiger partial charge in [0.1, 0.15) is 11.6 Å². The van der Waals surface area contributed by atoms with Gasteiger partial charge < -0.3 is 20.5 Å². The number of aryl methyl sites for hydroxylation is 1. The van der Waals surface area contributed by atoms with E-state index in [4.69, 9.17) is 4.74 Å². The molecule has 2 aromatic rings. The van der Waals surface area contributed by atoms with E-state index in [9.17, 15) is 14.3 Å². The molecule has 0 aromatic heterocycles. The molecule has 0 saturated heterocycles. The van der Waals surface area contributed by atoms with Crippen molar-refractivity contribution in [1.82, 2.24) is 5.32 Å². The van der Waals surface area contributed by atoms with Gasteiger partial charge in [0.15, 0.2) is 0 Å². The molecule has 134 valence electrons. The van der Waals surface area contributed by atoms with E-state index in [1.807, 2.05) is 19.9 Å². The van der Waals surface area contributed by atoms with Crippen molar-refractivity contribution in [3.63, 3.8) is 0 Å². The minimum absolute atomic E-state index is 0.375. The fourth-order valence-corrected chi connectivity index (χ4v) is 2.43. The van der Waals surface area contributed by atoms with E-state index < -0.39 is 18.2 Å². The first kappa shape index (κ1) is 18.7. The zero-order chi connectivity index (χ0) is 18.4. The van der Waals surface area contributed by atoms with Crippen LogP contribution in [0.25, 0.3) is 0 Å². The Kier molecular flexibility index (Phi) is 6.36. The molecule has 0 aliphatic carbocycles. The third-order valence-electron chi connectivity index (χ3n) is 3.80. The number of anilines is 1. The quantitative estimate of drug-likeness (QED) is 0.745. The maximum atomic E-state index is 12.9. The van der Waals surface area contributed by atoms with Gasteiger partial charge in [0, 0.05) is 5.69 Å². The molecule has 2 unspecified atom stereocenters. The van der Waals surface area contributed by atoms with Gasteiger partial charge in [-0.1, -0.05) is 12.1 Å². The van der Waals surface area contributed by atoms with Crippen molar-refractivity contribution < 1.29 is 19.0 Å². The van der Waals surface area contributed by atoms with Crippen molar-refractivity contribution >= 4 is 11.7 Å². The lowest BCUT2D eigenvalue weighted by atomic mass is 10.0. The molecule has 2 atom stereocenters. The van der Waals surface area contributed by atoms with E-state index in [-0.39, 0.29) is 5.82 Å². The summed E-state index contributed by atoms with van der Waals surface area (Å²) in [6.07, 6.45) is -0.937. The lowest BCUT2D eigenvalue weighted by molar-refractivity contribution is 0.139. The number of urea groups is 1. The van der Waals surface area contributed by atoms with Gasteiger partial charge in [0.25, 0.3) is 0 Å². The van der Waals surface area contributed by atoms with E-state index in [1.165, 1.54) is 24.3 Å². The van der Waals surface area contributed by atoms with Crippen LogP contribution in [0.3, 0.4) is 0 Å². The normalized spacial score (nSPS) is 13.0. The molecule has 0 aliphatic heterocycles. The number of carbonyl (C=O) groups excluding carboxylic acids is 1. The first-order valence-corrected chi connectivity index (χ1v) is 8.15. The highest BCUT2D eigenvalue weighted by atomic mass is 19.1. The third-order valence-corrected chi connectivity index (χ3v) is 3.80. The zero-order valence-corrected chi connectivity index (χ0v) is 14.5. The van der Waals surface area contributed by atoms with Crippen molar-refractivity contribution in [3.8, 4) is 5.75 Å². The van der Waals surface area contributed by atoms with Crippen molar-refractivity contribution in [2.45, 2.75) is 32.9 Å². The molecule has 0 heterocycles. The number of ether oxygens (including phenoxy) is 1. The summed E-state index contributed by atoms with van der Waals surface area (Å²) in [6, 6.07) is 9.94. The number of halogens is 1. The highest BCUT2D eigenvalue weighted by Gasteiger charge is 2.18. The average Bonchev–Trinajstić information content (AvgIpc) is 2.57. The fraction of sp³-hybridized carbons (Fsp3) is 0.316. The van der Waals surface area contributed by atoms with Crippen LogP contribution in [0.1, 0.15) is 31.1 Å². The van der Waals surface area contributed by atoms with Gasteiger partial charge in [-0.05, 0) is 62.2 Å². The maximum absolute atomic E-state index is 12.9.